The first-order valence-electron chi connectivity index (χ1n) is 9.90. The van der Waals surface area contributed by atoms with Crippen LogP contribution in [0.4, 0.5) is 5.82 Å². The molecule has 0 bridgehead atoms. The van der Waals surface area contributed by atoms with Gasteiger partial charge in [-0.05, 0) is 18.6 Å². The summed E-state index contributed by atoms with van der Waals surface area (Å²) in [6.45, 7) is 0.972. The number of ether oxygens (including phenoxy) is 1. The standard InChI is InChI=1S/C19H31N5O2S/c20-18-17-19(22-14-21-18)24(15-23-17)11-10-16(25)26-12-8-6-4-2-1-3-5-7-9-13-27/h14-15,27H,1-13H2,(H2,20,21,22). The molecular weight excluding hydrogens is 362 g/mol. The number of esters is 1. The number of carbonyl (C=O) groups is 1. The number of anilines is 1. The van der Waals surface area contributed by atoms with Crippen molar-refractivity contribution in [3.05, 3.63) is 12.7 Å². The number of nitrogens with two attached hydrogens (primary N) is 1. The Bertz CT molecular complexity index is 692. The van der Waals surface area contributed by atoms with Crippen molar-refractivity contribution in [3.8, 4) is 0 Å². The van der Waals surface area contributed by atoms with Crippen LogP contribution in [0, 0.1) is 0 Å². The zero-order chi connectivity index (χ0) is 19.3. The zero-order valence-corrected chi connectivity index (χ0v) is 16.9. The summed E-state index contributed by atoms with van der Waals surface area (Å²) in [7, 11) is 0. The average molecular weight is 394 g/mol. The number of nitrogen functional groups attached to an aromatic ring is 1. The molecule has 2 rings (SSSR count). The molecule has 0 saturated carbocycles. The van der Waals surface area contributed by atoms with Crippen molar-refractivity contribution >= 4 is 35.6 Å². The van der Waals surface area contributed by atoms with E-state index in [0.717, 1.165) is 18.6 Å². The molecule has 0 spiro atoms. The molecule has 0 aliphatic rings. The van der Waals surface area contributed by atoms with Crippen LogP contribution in [0.1, 0.15) is 64.2 Å². The maximum atomic E-state index is 11.9. The molecule has 2 N–H and O–H groups in total. The first kappa shape index (κ1) is 21.5. The second kappa shape index (κ2) is 12.5. The van der Waals surface area contributed by atoms with Crippen LogP contribution < -0.4 is 5.73 Å². The predicted molar refractivity (Wildman–Crippen MR) is 111 cm³/mol. The molecular formula is C19H31N5O2S. The number of thiol groups is 1. The lowest BCUT2D eigenvalue weighted by atomic mass is 10.1. The molecule has 8 heteroatoms. The minimum atomic E-state index is -0.192. The molecule has 150 valence electrons. The largest absolute Gasteiger partial charge is 0.466 e. The summed E-state index contributed by atoms with van der Waals surface area (Å²) in [5.74, 6) is 1.16. The first-order chi connectivity index (χ1) is 13.2. The molecule has 0 aliphatic heterocycles. The van der Waals surface area contributed by atoms with E-state index in [9.17, 15) is 4.79 Å². The summed E-state index contributed by atoms with van der Waals surface area (Å²) in [6.07, 6.45) is 14.3. The second-order valence-electron chi connectivity index (χ2n) is 6.75. The van der Waals surface area contributed by atoms with Crippen LogP contribution in [0.15, 0.2) is 12.7 Å². The monoisotopic (exact) mass is 393 g/mol. The molecule has 0 fully saturated rings. The highest BCUT2D eigenvalue weighted by atomic mass is 32.1. The van der Waals surface area contributed by atoms with E-state index in [0.29, 0.717) is 36.6 Å². The fourth-order valence-electron chi connectivity index (χ4n) is 2.98. The fourth-order valence-corrected chi connectivity index (χ4v) is 3.21. The highest BCUT2D eigenvalue weighted by molar-refractivity contribution is 7.80. The van der Waals surface area contributed by atoms with Gasteiger partial charge in [0.2, 0.25) is 0 Å². The van der Waals surface area contributed by atoms with Gasteiger partial charge in [0.25, 0.3) is 0 Å². The van der Waals surface area contributed by atoms with Crippen molar-refractivity contribution in [1.82, 2.24) is 19.5 Å². The number of carbonyl (C=O) groups excluding carboxylic acids is 1. The fraction of sp³-hybridized carbons (Fsp3) is 0.684. The number of fused-ring (bicyclic) bond motifs is 1. The maximum absolute atomic E-state index is 11.9. The molecule has 0 unspecified atom stereocenters. The Kier molecular flexibility index (Phi) is 9.97. The molecule has 2 aromatic heterocycles. The van der Waals surface area contributed by atoms with Gasteiger partial charge in [0.05, 0.1) is 19.4 Å². The maximum Gasteiger partial charge on any atom is 0.307 e. The molecule has 0 atom stereocenters. The van der Waals surface area contributed by atoms with Gasteiger partial charge in [0.1, 0.15) is 11.8 Å². The molecule has 2 heterocycles. The predicted octanol–water partition coefficient (Wildman–Crippen LogP) is 3.78. The van der Waals surface area contributed by atoms with Crippen molar-refractivity contribution in [2.45, 2.75) is 70.8 Å². The minimum absolute atomic E-state index is 0.192. The van der Waals surface area contributed by atoms with Gasteiger partial charge >= 0.3 is 5.97 Å². The molecule has 0 aromatic carbocycles. The van der Waals surface area contributed by atoms with Gasteiger partial charge < -0.3 is 15.0 Å². The number of rotatable bonds is 14. The van der Waals surface area contributed by atoms with E-state index in [-0.39, 0.29) is 5.97 Å². The van der Waals surface area contributed by atoms with E-state index in [2.05, 4.69) is 27.6 Å². The molecule has 0 amide bonds. The highest BCUT2D eigenvalue weighted by Crippen LogP contribution is 2.14. The smallest absolute Gasteiger partial charge is 0.307 e. The van der Waals surface area contributed by atoms with Crippen LogP contribution in [0.25, 0.3) is 11.2 Å². The number of unbranched alkanes of at least 4 members (excludes halogenated alkanes) is 8. The van der Waals surface area contributed by atoms with Gasteiger partial charge in [-0.15, -0.1) is 0 Å². The van der Waals surface area contributed by atoms with Crippen LogP contribution in [0.2, 0.25) is 0 Å². The topological polar surface area (TPSA) is 95.9 Å². The van der Waals surface area contributed by atoms with E-state index in [1.807, 2.05) is 0 Å². The SMILES string of the molecule is Nc1ncnc2c1ncn2CCC(=O)OCCCCCCCCCCCS. The zero-order valence-electron chi connectivity index (χ0n) is 16.0. The van der Waals surface area contributed by atoms with Gasteiger partial charge in [0, 0.05) is 6.54 Å². The Balaban J connectivity index is 1.50. The first-order valence-corrected chi connectivity index (χ1v) is 10.5. The Hall–Kier alpha value is -1.83. The number of aryl methyl sites for hydroxylation is 1. The Morgan fingerprint density at radius 3 is 2.37 bits per heavy atom. The van der Waals surface area contributed by atoms with Crippen LogP contribution in [-0.4, -0.2) is 37.8 Å². The van der Waals surface area contributed by atoms with Crippen molar-refractivity contribution in [1.29, 1.82) is 0 Å². The lowest BCUT2D eigenvalue weighted by Crippen LogP contribution is -2.10. The summed E-state index contributed by atoms with van der Waals surface area (Å²) in [4.78, 5) is 24.1. The summed E-state index contributed by atoms with van der Waals surface area (Å²) in [5, 5.41) is 0. The van der Waals surface area contributed by atoms with Crippen LogP contribution in [0.3, 0.4) is 0 Å². The third-order valence-corrected chi connectivity index (χ3v) is 4.87. The van der Waals surface area contributed by atoms with Crippen molar-refractivity contribution in [2.75, 3.05) is 18.1 Å². The summed E-state index contributed by atoms with van der Waals surface area (Å²) >= 11 is 4.22. The van der Waals surface area contributed by atoms with Gasteiger partial charge in [-0.2, -0.15) is 12.6 Å². The van der Waals surface area contributed by atoms with Gasteiger partial charge in [-0.1, -0.05) is 44.9 Å². The van der Waals surface area contributed by atoms with Crippen LogP contribution >= 0.6 is 12.6 Å². The van der Waals surface area contributed by atoms with Gasteiger partial charge in [-0.3, -0.25) is 4.79 Å². The minimum Gasteiger partial charge on any atom is -0.466 e. The van der Waals surface area contributed by atoms with Crippen LogP contribution in [0.5, 0.6) is 0 Å². The average Bonchev–Trinajstić information content (AvgIpc) is 3.09. The Labute approximate surface area is 166 Å². The molecule has 0 radical (unpaired) electrons. The molecule has 0 aliphatic carbocycles. The van der Waals surface area contributed by atoms with Crippen molar-refractivity contribution in [3.63, 3.8) is 0 Å². The third-order valence-electron chi connectivity index (χ3n) is 4.55. The van der Waals surface area contributed by atoms with E-state index in [4.69, 9.17) is 10.5 Å². The Morgan fingerprint density at radius 2 is 1.67 bits per heavy atom. The number of nitrogens with zero attached hydrogens (tertiary/aromatic N) is 4. The summed E-state index contributed by atoms with van der Waals surface area (Å²) < 4.78 is 7.11. The molecule has 2 aromatic rings. The number of aromatic nitrogens is 4. The quantitative estimate of drug-likeness (QED) is 0.288. The third kappa shape index (κ3) is 7.74. The lowest BCUT2D eigenvalue weighted by Gasteiger charge is -2.06. The van der Waals surface area contributed by atoms with Crippen molar-refractivity contribution < 1.29 is 9.53 Å². The highest BCUT2D eigenvalue weighted by Gasteiger charge is 2.09. The van der Waals surface area contributed by atoms with E-state index in [1.165, 1.54) is 51.3 Å². The normalized spacial score (nSPS) is 11.1. The molecule has 0 saturated heterocycles. The number of hydrogen-bond acceptors (Lipinski definition) is 7. The second-order valence-corrected chi connectivity index (χ2v) is 7.19. The lowest BCUT2D eigenvalue weighted by molar-refractivity contribution is -0.144. The van der Waals surface area contributed by atoms with Gasteiger partial charge in [-0.25, -0.2) is 15.0 Å². The van der Waals surface area contributed by atoms with Gasteiger partial charge in [0.15, 0.2) is 11.5 Å². The molecule has 27 heavy (non-hydrogen) atoms. The van der Waals surface area contributed by atoms with E-state index in [1.54, 1.807) is 10.9 Å². The van der Waals surface area contributed by atoms with Crippen LogP contribution in [-0.2, 0) is 16.1 Å². The number of hydrogen-bond donors (Lipinski definition) is 2. The Morgan fingerprint density at radius 1 is 1.00 bits per heavy atom. The van der Waals surface area contributed by atoms with Crippen molar-refractivity contribution in [2.24, 2.45) is 0 Å². The summed E-state index contributed by atoms with van der Waals surface area (Å²) in [6, 6.07) is 0. The molecule has 7 nitrogen and oxygen atoms in total. The summed E-state index contributed by atoms with van der Waals surface area (Å²) in [5.41, 5.74) is 6.96. The number of imidazole rings is 1. The van der Waals surface area contributed by atoms with E-state index >= 15 is 0 Å². The van der Waals surface area contributed by atoms with E-state index < -0.39 is 0 Å².